The highest BCUT2D eigenvalue weighted by atomic mass is 16.7. The first kappa shape index (κ1) is 20.2. The minimum atomic E-state index is -0.491. The molecular formula is C21H32BNO4. The molecule has 1 aromatic rings. The molecule has 1 aromatic carbocycles. The first-order valence-electron chi connectivity index (χ1n) is 9.85. The molecule has 0 radical (unpaired) electrons. The van der Waals surface area contributed by atoms with Gasteiger partial charge in [-0.05, 0) is 72.3 Å². The molecule has 0 unspecified atom stereocenters. The second kappa shape index (κ2) is 6.82. The van der Waals surface area contributed by atoms with Crippen molar-refractivity contribution in [1.82, 2.24) is 4.90 Å². The lowest BCUT2D eigenvalue weighted by Gasteiger charge is -2.32. The Labute approximate surface area is 163 Å². The van der Waals surface area contributed by atoms with Gasteiger partial charge in [0.15, 0.2) is 0 Å². The average molecular weight is 373 g/mol. The van der Waals surface area contributed by atoms with Gasteiger partial charge < -0.3 is 18.9 Å². The Bertz CT molecular complexity index is 694. The lowest BCUT2D eigenvalue weighted by molar-refractivity contribution is 0.00578. The summed E-state index contributed by atoms with van der Waals surface area (Å²) in [5.74, 6) is 0. The Hall–Kier alpha value is -1.53. The van der Waals surface area contributed by atoms with E-state index in [1.165, 1.54) is 0 Å². The number of carbonyl (C=O) groups is 1. The minimum absolute atomic E-state index is 0.0298. The molecule has 0 N–H and O–H groups in total. The maximum absolute atomic E-state index is 12.6. The number of carbonyl (C=O) groups excluding carboxylic acids is 1. The number of benzene rings is 1. The summed E-state index contributed by atoms with van der Waals surface area (Å²) in [5, 5.41) is 0. The van der Waals surface area contributed by atoms with Crippen molar-refractivity contribution in [3.8, 4) is 0 Å². The SMILES string of the molecule is CC(C)(C)OC(=O)N1CCC[C@H]1c1cccc(B2OC(C)(C)C(C)(C)O2)c1. The van der Waals surface area contributed by atoms with E-state index < -0.39 is 12.7 Å². The smallest absolute Gasteiger partial charge is 0.444 e. The third kappa shape index (κ3) is 4.17. The van der Waals surface area contributed by atoms with Crippen LogP contribution in [0.25, 0.3) is 0 Å². The van der Waals surface area contributed by atoms with Crippen LogP contribution < -0.4 is 5.46 Å². The molecule has 2 fully saturated rings. The fourth-order valence-corrected chi connectivity index (χ4v) is 3.54. The maximum Gasteiger partial charge on any atom is 0.494 e. The second-order valence-electron chi connectivity index (χ2n) is 9.59. The molecule has 2 saturated heterocycles. The summed E-state index contributed by atoms with van der Waals surface area (Å²) in [6.45, 7) is 14.6. The van der Waals surface area contributed by atoms with Crippen LogP contribution in [0.1, 0.15) is 72.9 Å². The van der Waals surface area contributed by atoms with E-state index in [1.54, 1.807) is 0 Å². The molecule has 2 heterocycles. The summed E-state index contributed by atoms with van der Waals surface area (Å²) < 4.78 is 18.0. The summed E-state index contributed by atoms with van der Waals surface area (Å²) in [4.78, 5) is 14.5. The van der Waals surface area contributed by atoms with Gasteiger partial charge in [0.1, 0.15) is 5.60 Å². The Morgan fingerprint density at radius 2 is 1.81 bits per heavy atom. The number of hydrogen-bond acceptors (Lipinski definition) is 4. The molecule has 6 heteroatoms. The molecule has 1 atom stereocenters. The number of ether oxygens (including phenoxy) is 1. The largest absolute Gasteiger partial charge is 0.494 e. The van der Waals surface area contributed by atoms with E-state index in [9.17, 15) is 4.79 Å². The Kier molecular flexibility index (Phi) is 5.11. The van der Waals surface area contributed by atoms with Crippen molar-refractivity contribution in [1.29, 1.82) is 0 Å². The van der Waals surface area contributed by atoms with Crippen LogP contribution in [0.5, 0.6) is 0 Å². The molecule has 148 valence electrons. The van der Waals surface area contributed by atoms with Crippen LogP contribution in [0.15, 0.2) is 24.3 Å². The van der Waals surface area contributed by atoms with E-state index in [1.807, 2.05) is 37.8 Å². The monoisotopic (exact) mass is 373 g/mol. The van der Waals surface area contributed by atoms with E-state index in [2.05, 4.69) is 39.8 Å². The summed E-state index contributed by atoms with van der Waals surface area (Å²) >= 11 is 0. The highest BCUT2D eigenvalue weighted by Gasteiger charge is 2.51. The number of likely N-dealkylation sites (tertiary alicyclic amines) is 1. The van der Waals surface area contributed by atoms with Crippen molar-refractivity contribution in [2.24, 2.45) is 0 Å². The van der Waals surface area contributed by atoms with Crippen LogP contribution in [-0.4, -0.2) is 41.5 Å². The third-order valence-corrected chi connectivity index (χ3v) is 5.70. The standard InChI is InChI=1S/C21H32BNO4/c1-19(2,3)25-18(24)23-13-9-12-17(23)15-10-8-11-16(14-15)22-26-20(4,5)21(6,7)27-22/h8,10-11,14,17H,9,12-13H2,1-7H3/t17-/m0/s1. The van der Waals surface area contributed by atoms with Crippen LogP contribution in [0.3, 0.4) is 0 Å². The predicted octanol–water partition coefficient (Wildman–Crippen LogP) is 4.06. The molecule has 0 aromatic heterocycles. The van der Waals surface area contributed by atoms with E-state index in [0.29, 0.717) is 0 Å². The number of hydrogen-bond donors (Lipinski definition) is 0. The highest BCUT2D eigenvalue weighted by Crippen LogP contribution is 2.37. The van der Waals surface area contributed by atoms with Gasteiger partial charge in [0.25, 0.3) is 0 Å². The minimum Gasteiger partial charge on any atom is -0.444 e. The van der Waals surface area contributed by atoms with Crippen molar-refractivity contribution in [2.75, 3.05) is 6.54 Å². The molecule has 1 amide bonds. The van der Waals surface area contributed by atoms with Gasteiger partial charge in [-0.2, -0.15) is 0 Å². The lowest BCUT2D eigenvalue weighted by Crippen LogP contribution is -2.41. The fraction of sp³-hybridized carbons (Fsp3) is 0.667. The van der Waals surface area contributed by atoms with Gasteiger partial charge in [0, 0.05) is 6.54 Å². The highest BCUT2D eigenvalue weighted by molar-refractivity contribution is 6.62. The quantitative estimate of drug-likeness (QED) is 0.734. The average Bonchev–Trinajstić information content (AvgIpc) is 3.09. The lowest BCUT2D eigenvalue weighted by atomic mass is 9.78. The first-order chi connectivity index (χ1) is 12.4. The van der Waals surface area contributed by atoms with E-state index >= 15 is 0 Å². The van der Waals surface area contributed by atoms with E-state index in [-0.39, 0.29) is 23.3 Å². The Morgan fingerprint density at radius 3 is 2.41 bits per heavy atom. The molecule has 5 nitrogen and oxygen atoms in total. The predicted molar refractivity (Wildman–Crippen MR) is 107 cm³/mol. The zero-order valence-corrected chi connectivity index (χ0v) is 17.7. The molecule has 0 spiro atoms. The zero-order chi connectivity index (χ0) is 20.0. The van der Waals surface area contributed by atoms with Crippen LogP contribution in [-0.2, 0) is 14.0 Å². The molecule has 3 rings (SSSR count). The number of amides is 1. The number of rotatable bonds is 2. The van der Waals surface area contributed by atoms with Gasteiger partial charge in [-0.1, -0.05) is 24.3 Å². The molecule has 2 aliphatic heterocycles. The third-order valence-electron chi connectivity index (χ3n) is 5.70. The zero-order valence-electron chi connectivity index (χ0n) is 17.7. The fourth-order valence-electron chi connectivity index (χ4n) is 3.54. The molecule has 27 heavy (non-hydrogen) atoms. The van der Waals surface area contributed by atoms with Gasteiger partial charge in [0.05, 0.1) is 17.2 Å². The van der Waals surface area contributed by atoms with Gasteiger partial charge in [-0.25, -0.2) is 4.79 Å². The number of nitrogens with zero attached hydrogens (tertiary/aromatic N) is 1. The summed E-state index contributed by atoms with van der Waals surface area (Å²) in [6, 6.07) is 8.25. The Balaban J connectivity index is 1.80. The molecular weight excluding hydrogens is 341 g/mol. The van der Waals surface area contributed by atoms with Crippen molar-refractivity contribution >= 4 is 18.7 Å². The topological polar surface area (TPSA) is 48.0 Å². The Morgan fingerprint density at radius 1 is 1.19 bits per heavy atom. The van der Waals surface area contributed by atoms with Crippen LogP contribution in [0.2, 0.25) is 0 Å². The van der Waals surface area contributed by atoms with Gasteiger partial charge in [0.2, 0.25) is 0 Å². The van der Waals surface area contributed by atoms with Gasteiger partial charge in [-0.15, -0.1) is 0 Å². The van der Waals surface area contributed by atoms with Crippen molar-refractivity contribution in [3.63, 3.8) is 0 Å². The van der Waals surface area contributed by atoms with Crippen molar-refractivity contribution < 1.29 is 18.8 Å². The van der Waals surface area contributed by atoms with Gasteiger partial charge in [-0.3, -0.25) is 0 Å². The first-order valence-corrected chi connectivity index (χ1v) is 9.85. The molecule has 0 aliphatic carbocycles. The van der Waals surface area contributed by atoms with Crippen molar-refractivity contribution in [2.45, 2.75) is 84.2 Å². The van der Waals surface area contributed by atoms with Gasteiger partial charge >= 0.3 is 13.2 Å². The van der Waals surface area contributed by atoms with E-state index in [0.717, 1.165) is 30.4 Å². The van der Waals surface area contributed by atoms with Crippen molar-refractivity contribution in [3.05, 3.63) is 29.8 Å². The molecule has 2 aliphatic rings. The maximum atomic E-state index is 12.6. The molecule has 0 saturated carbocycles. The van der Waals surface area contributed by atoms with Crippen LogP contribution >= 0.6 is 0 Å². The summed E-state index contributed by atoms with van der Waals surface area (Å²) in [6.07, 6.45) is 1.67. The normalized spacial score (nSPS) is 24.3. The van der Waals surface area contributed by atoms with E-state index in [4.69, 9.17) is 14.0 Å². The van der Waals surface area contributed by atoms with Crippen LogP contribution in [0, 0.1) is 0 Å². The summed E-state index contributed by atoms with van der Waals surface area (Å²) in [7, 11) is -0.397. The molecule has 0 bridgehead atoms. The van der Waals surface area contributed by atoms with Crippen LogP contribution in [0.4, 0.5) is 4.79 Å². The second-order valence-corrected chi connectivity index (χ2v) is 9.59. The summed E-state index contributed by atoms with van der Waals surface area (Å²) in [5.41, 5.74) is 0.856.